The lowest BCUT2D eigenvalue weighted by Crippen LogP contribution is -2.48. The summed E-state index contributed by atoms with van der Waals surface area (Å²) >= 11 is 0. The van der Waals surface area contributed by atoms with E-state index in [-0.39, 0.29) is 24.4 Å². The highest BCUT2D eigenvalue weighted by Gasteiger charge is 2.37. The van der Waals surface area contributed by atoms with Gasteiger partial charge >= 0.3 is 5.97 Å². The molecule has 4 rings (SSSR count). The molecule has 1 saturated carbocycles. The quantitative estimate of drug-likeness (QED) is 0.787. The molecular formula is C22H22N2O5. The van der Waals surface area contributed by atoms with Crippen LogP contribution in [0.5, 0.6) is 5.75 Å². The van der Waals surface area contributed by atoms with Crippen molar-refractivity contribution >= 4 is 23.5 Å². The Kier molecular flexibility index (Phi) is 5.20. The molecular weight excluding hydrogens is 372 g/mol. The third kappa shape index (κ3) is 4.23. The van der Waals surface area contributed by atoms with Crippen molar-refractivity contribution in [2.45, 2.75) is 38.0 Å². The number of nitrogens with zero attached hydrogens (tertiary/aromatic N) is 1. The van der Waals surface area contributed by atoms with Gasteiger partial charge in [0.15, 0.2) is 0 Å². The minimum Gasteiger partial charge on any atom is -0.475 e. The maximum Gasteiger partial charge on any atom is 0.350 e. The van der Waals surface area contributed by atoms with Crippen molar-refractivity contribution in [2.75, 3.05) is 11.4 Å². The minimum atomic E-state index is -1.07. The van der Waals surface area contributed by atoms with Crippen molar-refractivity contribution in [1.29, 1.82) is 0 Å². The minimum absolute atomic E-state index is 0.0247. The van der Waals surface area contributed by atoms with Gasteiger partial charge in [0.2, 0.25) is 18.1 Å². The van der Waals surface area contributed by atoms with E-state index in [1.807, 2.05) is 6.07 Å². The summed E-state index contributed by atoms with van der Waals surface area (Å²) in [6.07, 6.45) is -0.237. The molecule has 2 atom stereocenters. The second kappa shape index (κ2) is 7.95. The first-order chi connectivity index (χ1) is 14.0. The maximum atomic E-state index is 12.9. The van der Waals surface area contributed by atoms with Crippen LogP contribution in [-0.2, 0) is 19.1 Å². The molecule has 1 heterocycles. The first-order valence-electron chi connectivity index (χ1n) is 9.62. The molecule has 1 aliphatic heterocycles. The van der Waals surface area contributed by atoms with Crippen molar-refractivity contribution in [3.8, 4) is 5.75 Å². The lowest BCUT2D eigenvalue weighted by Gasteiger charge is -2.33. The predicted molar refractivity (Wildman–Crippen MR) is 105 cm³/mol. The molecule has 1 fully saturated rings. The molecule has 150 valence electrons. The van der Waals surface area contributed by atoms with Crippen molar-refractivity contribution in [1.82, 2.24) is 5.32 Å². The van der Waals surface area contributed by atoms with E-state index in [0.717, 1.165) is 12.8 Å². The average Bonchev–Trinajstić information content (AvgIpc) is 3.55. The SMILES string of the molecule is CC(=O)N1C[C@H](C(=O)O[C@H](C(=O)NC2CC2)c2ccccc2)Oc2ccccc21. The Morgan fingerprint density at radius 3 is 2.45 bits per heavy atom. The number of amides is 2. The summed E-state index contributed by atoms with van der Waals surface area (Å²) in [4.78, 5) is 39.1. The van der Waals surface area contributed by atoms with E-state index < -0.39 is 18.2 Å². The van der Waals surface area contributed by atoms with Crippen LogP contribution in [0.3, 0.4) is 0 Å². The van der Waals surface area contributed by atoms with Gasteiger partial charge in [0, 0.05) is 18.5 Å². The molecule has 2 aromatic carbocycles. The number of carbonyl (C=O) groups is 3. The molecule has 2 aromatic rings. The van der Waals surface area contributed by atoms with E-state index in [2.05, 4.69) is 5.32 Å². The third-order valence-corrected chi connectivity index (χ3v) is 4.91. The Hall–Kier alpha value is -3.35. The van der Waals surface area contributed by atoms with E-state index in [9.17, 15) is 14.4 Å². The lowest BCUT2D eigenvalue weighted by molar-refractivity contribution is -0.163. The lowest BCUT2D eigenvalue weighted by atomic mass is 10.1. The zero-order chi connectivity index (χ0) is 20.4. The summed E-state index contributed by atoms with van der Waals surface area (Å²) in [5.74, 6) is -0.823. The van der Waals surface area contributed by atoms with Gasteiger partial charge in [-0.15, -0.1) is 0 Å². The molecule has 7 heteroatoms. The van der Waals surface area contributed by atoms with E-state index in [0.29, 0.717) is 17.0 Å². The molecule has 7 nitrogen and oxygen atoms in total. The van der Waals surface area contributed by atoms with Crippen molar-refractivity contribution in [3.63, 3.8) is 0 Å². The van der Waals surface area contributed by atoms with Crippen LogP contribution in [0.15, 0.2) is 54.6 Å². The topological polar surface area (TPSA) is 84.9 Å². The number of rotatable bonds is 5. The van der Waals surface area contributed by atoms with Gasteiger partial charge in [-0.05, 0) is 25.0 Å². The van der Waals surface area contributed by atoms with Crippen LogP contribution < -0.4 is 15.0 Å². The second-order valence-corrected chi connectivity index (χ2v) is 7.21. The molecule has 0 aromatic heterocycles. The summed E-state index contributed by atoms with van der Waals surface area (Å²) in [6.45, 7) is 1.46. The largest absolute Gasteiger partial charge is 0.475 e. The molecule has 0 radical (unpaired) electrons. The van der Waals surface area contributed by atoms with E-state index in [4.69, 9.17) is 9.47 Å². The van der Waals surface area contributed by atoms with Gasteiger partial charge in [-0.3, -0.25) is 9.59 Å². The number of ether oxygens (including phenoxy) is 2. The zero-order valence-electron chi connectivity index (χ0n) is 16.0. The van der Waals surface area contributed by atoms with Gasteiger partial charge in [0.25, 0.3) is 5.91 Å². The fourth-order valence-corrected chi connectivity index (χ4v) is 3.25. The van der Waals surface area contributed by atoms with Crippen LogP contribution in [0, 0.1) is 0 Å². The number of para-hydroxylation sites is 2. The monoisotopic (exact) mass is 394 g/mol. The van der Waals surface area contributed by atoms with Crippen LogP contribution in [-0.4, -0.2) is 36.5 Å². The predicted octanol–water partition coefficient (Wildman–Crippen LogP) is 2.36. The van der Waals surface area contributed by atoms with Crippen LogP contribution in [0.25, 0.3) is 0 Å². The van der Waals surface area contributed by atoms with Gasteiger partial charge in [-0.1, -0.05) is 42.5 Å². The van der Waals surface area contributed by atoms with Crippen LogP contribution in [0.4, 0.5) is 5.69 Å². The second-order valence-electron chi connectivity index (χ2n) is 7.21. The highest BCUT2D eigenvalue weighted by Crippen LogP contribution is 2.34. The smallest absolute Gasteiger partial charge is 0.350 e. The molecule has 2 aliphatic rings. The van der Waals surface area contributed by atoms with Gasteiger partial charge in [-0.25, -0.2) is 4.79 Å². The highest BCUT2D eigenvalue weighted by atomic mass is 16.6. The van der Waals surface area contributed by atoms with Gasteiger partial charge in [0.1, 0.15) is 5.75 Å². The number of esters is 1. The number of hydrogen-bond donors (Lipinski definition) is 1. The number of hydrogen-bond acceptors (Lipinski definition) is 5. The third-order valence-electron chi connectivity index (χ3n) is 4.91. The average molecular weight is 394 g/mol. The molecule has 0 unspecified atom stereocenters. The molecule has 0 spiro atoms. The Bertz CT molecular complexity index is 926. The fourth-order valence-electron chi connectivity index (χ4n) is 3.25. The maximum absolute atomic E-state index is 12.9. The zero-order valence-corrected chi connectivity index (χ0v) is 16.0. The molecule has 1 N–H and O–H groups in total. The number of fused-ring (bicyclic) bond motifs is 1. The Balaban J connectivity index is 1.54. The number of nitrogens with one attached hydrogen (secondary N) is 1. The summed E-state index contributed by atoms with van der Waals surface area (Å²) < 4.78 is 11.4. The molecule has 1 aliphatic carbocycles. The van der Waals surface area contributed by atoms with E-state index in [1.54, 1.807) is 48.5 Å². The molecule has 0 bridgehead atoms. The van der Waals surface area contributed by atoms with Gasteiger partial charge < -0.3 is 19.7 Å². The summed E-state index contributed by atoms with van der Waals surface area (Å²) in [5, 5.41) is 2.88. The van der Waals surface area contributed by atoms with Crippen molar-refractivity contribution in [3.05, 3.63) is 60.2 Å². The highest BCUT2D eigenvalue weighted by molar-refractivity contribution is 5.95. The number of anilines is 1. The van der Waals surface area contributed by atoms with Crippen molar-refractivity contribution < 1.29 is 23.9 Å². The van der Waals surface area contributed by atoms with Crippen LogP contribution >= 0.6 is 0 Å². The summed E-state index contributed by atoms with van der Waals surface area (Å²) in [7, 11) is 0. The van der Waals surface area contributed by atoms with Gasteiger partial charge in [0.05, 0.1) is 12.2 Å². The first-order valence-corrected chi connectivity index (χ1v) is 9.62. The van der Waals surface area contributed by atoms with E-state index in [1.165, 1.54) is 11.8 Å². The van der Waals surface area contributed by atoms with E-state index >= 15 is 0 Å². The summed E-state index contributed by atoms with van der Waals surface area (Å²) in [5.41, 5.74) is 1.19. The fraction of sp³-hybridized carbons (Fsp3) is 0.318. The Morgan fingerprint density at radius 2 is 1.76 bits per heavy atom. The number of carbonyl (C=O) groups excluding carboxylic acids is 3. The van der Waals surface area contributed by atoms with Crippen LogP contribution in [0.2, 0.25) is 0 Å². The normalized spacial score (nSPS) is 18.8. The van der Waals surface area contributed by atoms with Crippen molar-refractivity contribution in [2.24, 2.45) is 0 Å². The number of benzene rings is 2. The van der Waals surface area contributed by atoms with Gasteiger partial charge in [-0.2, -0.15) is 0 Å². The first kappa shape index (κ1) is 19.0. The Morgan fingerprint density at radius 1 is 1.07 bits per heavy atom. The standard InChI is InChI=1S/C22H22N2O5/c1-14(25)24-13-19(28-18-10-6-5-9-17(18)24)22(27)29-20(15-7-3-2-4-8-15)21(26)23-16-11-12-16/h2-10,16,19-20H,11-13H2,1H3,(H,23,26)/t19-,20+/m1/s1. The molecule has 0 saturated heterocycles. The Labute approximate surface area is 168 Å². The summed E-state index contributed by atoms with van der Waals surface area (Å²) in [6, 6.07) is 16.0. The molecule has 29 heavy (non-hydrogen) atoms. The molecule has 2 amide bonds. The van der Waals surface area contributed by atoms with Crippen LogP contribution in [0.1, 0.15) is 31.4 Å².